The van der Waals surface area contributed by atoms with Gasteiger partial charge in [-0.1, -0.05) is 0 Å². The Hall–Kier alpha value is -0.200. The smallest absolute Gasteiger partial charge is 0.0781 e. The van der Waals surface area contributed by atoms with Gasteiger partial charge in [-0.15, -0.1) is 0 Å². The average Bonchev–Trinajstić information content (AvgIpc) is 2.24. The van der Waals surface area contributed by atoms with Gasteiger partial charge in [0.2, 0.25) is 0 Å². The van der Waals surface area contributed by atoms with Crippen molar-refractivity contribution in [3.05, 3.63) is 0 Å². The molecule has 0 heterocycles. The minimum atomic E-state index is -0.437. The fourth-order valence-electron chi connectivity index (χ4n) is 1.03. The van der Waals surface area contributed by atoms with Crippen molar-refractivity contribution in [3.8, 4) is 0 Å². The van der Waals surface area contributed by atoms with Crippen LogP contribution in [0, 0.1) is 0 Å². The van der Waals surface area contributed by atoms with Gasteiger partial charge in [0.1, 0.15) is 0 Å². The van der Waals surface area contributed by atoms with E-state index in [-0.39, 0.29) is 12.2 Å². The van der Waals surface area contributed by atoms with Gasteiger partial charge in [0.05, 0.1) is 44.7 Å². The van der Waals surface area contributed by atoms with Crippen molar-refractivity contribution in [2.45, 2.75) is 39.1 Å². The van der Waals surface area contributed by atoms with E-state index in [1.54, 1.807) is 6.92 Å². The number of aliphatic hydroxyl groups is 1. The number of hydrogen-bond donors (Lipinski definition) is 2. The van der Waals surface area contributed by atoms with Crippen molar-refractivity contribution >= 4 is 0 Å². The number of aliphatic hydroxyl groups excluding tert-OH is 1. The van der Waals surface area contributed by atoms with Crippen LogP contribution >= 0.6 is 0 Å². The standard InChI is InChI=1S/C11H25NO4/c1-9(13)6-15-11(3)8-16-10(2)7-14-5-4-12/h9-11,13H,4-8,12H2,1-3H3. The Bertz CT molecular complexity index is 155. The SMILES string of the molecule is CC(O)COC(C)COC(C)COCCN. The monoisotopic (exact) mass is 235 g/mol. The Morgan fingerprint density at radius 1 is 1.00 bits per heavy atom. The van der Waals surface area contributed by atoms with Gasteiger partial charge in [-0.2, -0.15) is 0 Å². The van der Waals surface area contributed by atoms with Crippen LogP contribution in [0.15, 0.2) is 0 Å². The molecule has 0 fully saturated rings. The van der Waals surface area contributed by atoms with Crippen molar-refractivity contribution in [1.29, 1.82) is 0 Å². The summed E-state index contributed by atoms with van der Waals surface area (Å²) >= 11 is 0. The van der Waals surface area contributed by atoms with E-state index >= 15 is 0 Å². The van der Waals surface area contributed by atoms with Crippen molar-refractivity contribution in [3.63, 3.8) is 0 Å². The molecule has 0 amide bonds. The van der Waals surface area contributed by atoms with Crippen molar-refractivity contribution in [1.82, 2.24) is 0 Å². The van der Waals surface area contributed by atoms with Gasteiger partial charge in [0.15, 0.2) is 0 Å². The molecule has 0 aromatic rings. The fourth-order valence-corrected chi connectivity index (χ4v) is 1.03. The van der Waals surface area contributed by atoms with Gasteiger partial charge >= 0.3 is 0 Å². The summed E-state index contributed by atoms with van der Waals surface area (Å²) in [5.41, 5.74) is 5.30. The Morgan fingerprint density at radius 3 is 2.12 bits per heavy atom. The van der Waals surface area contributed by atoms with Crippen LogP contribution in [0.5, 0.6) is 0 Å². The molecule has 98 valence electrons. The van der Waals surface area contributed by atoms with Crippen molar-refractivity contribution < 1.29 is 19.3 Å². The largest absolute Gasteiger partial charge is 0.391 e. The summed E-state index contributed by atoms with van der Waals surface area (Å²) in [6.07, 6.45) is -0.427. The van der Waals surface area contributed by atoms with E-state index < -0.39 is 6.10 Å². The maximum Gasteiger partial charge on any atom is 0.0781 e. The maximum atomic E-state index is 9.02. The van der Waals surface area contributed by atoms with Gasteiger partial charge in [0, 0.05) is 6.54 Å². The normalized spacial score (nSPS) is 17.1. The topological polar surface area (TPSA) is 73.9 Å². The first-order valence-electron chi connectivity index (χ1n) is 5.75. The summed E-state index contributed by atoms with van der Waals surface area (Å²) in [6, 6.07) is 0. The summed E-state index contributed by atoms with van der Waals surface area (Å²) in [4.78, 5) is 0. The molecule has 0 aromatic heterocycles. The molecule has 0 aliphatic heterocycles. The van der Waals surface area contributed by atoms with E-state index in [0.717, 1.165) is 0 Å². The third-order valence-corrected chi connectivity index (χ3v) is 1.85. The molecular weight excluding hydrogens is 210 g/mol. The van der Waals surface area contributed by atoms with Crippen LogP contribution in [0.25, 0.3) is 0 Å². The Morgan fingerprint density at radius 2 is 1.56 bits per heavy atom. The highest BCUT2D eigenvalue weighted by Crippen LogP contribution is 1.98. The number of ether oxygens (including phenoxy) is 3. The van der Waals surface area contributed by atoms with E-state index in [0.29, 0.717) is 33.0 Å². The summed E-state index contributed by atoms with van der Waals surface area (Å²) in [5, 5.41) is 9.02. The molecule has 0 aromatic carbocycles. The van der Waals surface area contributed by atoms with Gasteiger partial charge < -0.3 is 25.1 Å². The third kappa shape index (κ3) is 10.3. The summed E-state index contributed by atoms with van der Waals surface area (Å²) in [7, 11) is 0. The van der Waals surface area contributed by atoms with Crippen LogP contribution in [0.2, 0.25) is 0 Å². The molecule has 16 heavy (non-hydrogen) atoms. The van der Waals surface area contributed by atoms with E-state index in [2.05, 4.69) is 0 Å². The lowest BCUT2D eigenvalue weighted by molar-refractivity contribution is -0.0694. The predicted octanol–water partition coefficient (Wildman–Crippen LogP) is 0.153. The lowest BCUT2D eigenvalue weighted by Gasteiger charge is -2.18. The molecule has 0 bridgehead atoms. The molecule has 3 atom stereocenters. The zero-order valence-corrected chi connectivity index (χ0v) is 10.5. The molecule has 0 rings (SSSR count). The van der Waals surface area contributed by atoms with E-state index in [1.165, 1.54) is 0 Å². The second-order valence-corrected chi connectivity index (χ2v) is 4.00. The van der Waals surface area contributed by atoms with Crippen LogP contribution in [-0.4, -0.2) is 56.4 Å². The van der Waals surface area contributed by atoms with E-state index in [4.69, 9.17) is 25.1 Å². The highest BCUT2D eigenvalue weighted by atomic mass is 16.6. The first-order chi connectivity index (χ1) is 7.56. The van der Waals surface area contributed by atoms with Gasteiger partial charge in [-0.05, 0) is 20.8 Å². The number of rotatable bonds is 10. The van der Waals surface area contributed by atoms with Gasteiger partial charge in [0.25, 0.3) is 0 Å². The molecule has 0 radical (unpaired) electrons. The van der Waals surface area contributed by atoms with E-state index in [9.17, 15) is 0 Å². The lowest BCUT2D eigenvalue weighted by atomic mass is 10.4. The van der Waals surface area contributed by atoms with Crippen LogP contribution < -0.4 is 5.73 Å². The van der Waals surface area contributed by atoms with E-state index in [1.807, 2.05) is 13.8 Å². The van der Waals surface area contributed by atoms with Crippen LogP contribution in [-0.2, 0) is 14.2 Å². The minimum absolute atomic E-state index is 0.0217. The Kier molecular flexibility index (Phi) is 9.86. The highest BCUT2D eigenvalue weighted by Gasteiger charge is 2.08. The first kappa shape index (κ1) is 15.8. The third-order valence-electron chi connectivity index (χ3n) is 1.85. The summed E-state index contributed by atoms with van der Waals surface area (Å²) in [5.74, 6) is 0. The zero-order valence-electron chi connectivity index (χ0n) is 10.5. The minimum Gasteiger partial charge on any atom is -0.391 e. The van der Waals surface area contributed by atoms with Gasteiger partial charge in [-0.3, -0.25) is 0 Å². The molecule has 0 saturated heterocycles. The van der Waals surface area contributed by atoms with Crippen LogP contribution in [0.1, 0.15) is 20.8 Å². The van der Waals surface area contributed by atoms with Crippen molar-refractivity contribution in [2.75, 3.05) is 33.0 Å². The first-order valence-corrected chi connectivity index (χ1v) is 5.75. The van der Waals surface area contributed by atoms with Gasteiger partial charge in [-0.25, -0.2) is 0 Å². The Balaban J connectivity index is 3.39. The molecule has 3 unspecified atom stereocenters. The molecule has 0 aliphatic carbocycles. The lowest BCUT2D eigenvalue weighted by Crippen LogP contribution is -2.26. The summed E-state index contributed by atoms with van der Waals surface area (Å²) in [6.45, 7) is 8.01. The van der Waals surface area contributed by atoms with Crippen LogP contribution in [0.3, 0.4) is 0 Å². The molecular formula is C11H25NO4. The molecule has 3 N–H and O–H groups in total. The molecule has 5 heteroatoms. The number of nitrogens with two attached hydrogens (primary N) is 1. The fraction of sp³-hybridized carbons (Fsp3) is 1.00. The maximum absolute atomic E-state index is 9.02. The molecule has 5 nitrogen and oxygen atoms in total. The van der Waals surface area contributed by atoms with Crippen LogP contribution in [0.4, 0.5) is 0 Å². The molecule has 0 aliphatic rings. The molecule has 0 saturated carbocycles. The average molecular weight is 235 g/mol. The predicted molar refractivity (Wildman–Crippen MR) is 62.4 cm³/mol. The number of hydrogen-bond acceptors (Lipinski definition) is 5. The van der Waals surface area contributed by atoms with Crippen molar-refractivity contribution in [2.24, 2.45) is 5.73 Å². The second kappa shape index (κ2) is 9.99. The molecule has 0 spiro atoms. The second-order valence-electron chi connectivity index (χ2n) is 4.00. The quantitative estimate of drug-likeness (QED) is 0.527. The zero-order chi connectivity index (χ0) is 12.4. The summed E-state index contributed by atoms with van der Waals surface area (Å²) < 4.78 is 16.1. The Labute approximate surface area is 97.9 Å². The highest BCUT2D eigenvalue weighted by molar-refractivity contribution is 4.54.